The van der Waals surface area contributed by atoms with Gasteiger partial charge in [-0.1, -0.05) is 13.8 Å². The maximum absolute atomic E-state index is 12.0. The van der Waals surface area contributed by atoms with E-state index in [1.165, 1.54) is 5.69 Å². The normalized spacial score (nSPS) is 14.4. The van der Waals surface area contributed by atoms with Gasteiger partial charge in [0.2, 0.25) is 5.91 Å². The summed E-state index contributed by atoms with van der Waals surface area (Å²) in [7, 11) is 1.63. The van der Waals surface area contributed by atoms with E-state index in [-0.39, 0.29) is 5.91 Å². The van der Waals surface area contributed by atoms with Crippen LogP contribution in [-0.2, 0) is 29.0 Å². The van der Waals surface area contributed by atoms with Crippen LogP contribution in [0.3, 0.4) is 0 Å². The molecule has 1 amide bonds. The maximum Gasteiger partial charge on any atom is 0.240 e. The van der Waals surface area contributed by atoms with Crippen LogP contribution in [0.25, 0.3) is 0 Å². The molecule has 1 aromatic rings. The summed E-state index contributed by atoms with van der Waals surface area (Å²) in [6, 6.07) is 0. The lowest BCUT2D eigenvalue weighted by atomic mass is 10.2. The third kappa shape index (κ3) is 3.37. The standard InChI is InChI=1S/C14H24N4O2/c1-10(2)14-17-11-8-15-5-4-12(11)18(14)9-13(19)16-6-7-20-3/h10,15H,4-9H2,1-3H3,(H,16,19). The first-order chi connectivity index (χ1) is 9.63. The fourth-order valence-corrected chi connectivity index (χ4v) is 2.50. The van der Waals surface area contributed by atoms with Gasteiger partial charge in [0.1, 0.15) is 12.4 Å². The summed E-state index contributed by atoms with van der Waals surface area (Å²) < 4.78 is 7.02. The number of carbonyl (C=O) groups excluding carboxylic acids is 1. The minimum atomic E-state index is 0.0164. The predicted molar refractivity (Wildman–Crippen MR) is 76.6 cm³/mol. The molecule has 0 bridgehead atoms. The third-order valence-electron chi connectivity index (χ3n) is 3.46. The van der Waals surface area contributed by atoms with E-state index >= 15 is 0 Å². The number of aromatic nitrogens is 2. The minimum absolute atomic E-state index is 0.0164. The molecule has 1 aromatic heterocycles. The second-order valence-corrected chi connectivity index (χ2v) is 5.37. The molecule has 6 nitrogen and oxygen atoms in total. The Kier molecular flexibility index (Phi) is 5.14. The zero-order valence-electron chi connectivity index (χ0n) is 12.5. The third-order valence-corrected chi connectivity index (χ3v) is 3.46. The molecule has 112 valence electrons. The molecule has 0 saturated heterocycles. The summed E-state index contributed by atoms with van der Waals surface area (Å²) >= 11 is 0. The summed E-state index contributed by atoms with van der Waals surface area (Å²) in [5.41, 5.74) is 2.29. The van der Waals surface area contributed by atoms with Crippen molar-refractivity contribution in [2.75, 3.05) is 26.8 Å². The molecule has 0 radical (unpaired) electrons. The highest BCUT2D eigenvalue weighted by molar-refractivity contribution is 5.75. The highest BCUT2D eigenvalue weighted by atomic mass is 16.5. The maximum atomic E-state index is 12.0. The molecular weight excluding hydrogens is 256 g/mol. The van der Waals surface area contributed by atoms with Gasteiger partial charge >= 0.3 is 0 Å². The Hall–Kier alpha value is -1.40. The Labute approximate surface area is 119 Å². The van der Waals surface area contributed by atoms with Gasteiger partial charge in [0, 0.05) is 44.8 Å². The average molecular weight is 280 g/mol. The number of nitrogens with one attached hydrogen (secondary N) is 2. The van der Waals surface area contributed by atoms with E-state index in [1.54, 1.807) is 7.11 Å². The van der Waals surface area contributed by atoms with Gasteiger partial charge in [-0.15, -0.1) is 0 Å². The molecule has 0 unspecified atom stereocenters. The van der Waals surface area contributed by atoms with E-state index in [0.29, 0.717) is 25.6 Å². The van der Waals surface area contributed by atoms with E-state index in [1.807, 2.05) is 0 Å². The first-order valence-corrected chi connectivity index (χ1v) is 7.18. The number of rotatable bonds is 6. The SMILES string of the molecule is COCCNC(=O)Cn1c(C(C)C)nc2c1CCNC2. The van der Waals surface area contributed by atoms with Crippen molar-refractivity contribution in [3.05, 3.63) is 17.2 Å². The van der Waals surface area contributed by atoms with Gasteiger partial charge in [0.15, 0.2) is 0 Å². The van der Waals surface area contributed by atoms with Crippen LogP contribution < -0.4 is 10.6 Å². The molecule has 1 aliphatic heterocycles. The van der Waals surface area contributed by atoms with Crippen molar-refractivity contribution in [1.29, 1.82) is 0 Å². The Morgan fingerprint density at radius 1 is 1.55 bits per heavy atom. The zero-order valence-corrected chi connectivity index (χ0v) is 12.5. The van der Waals surface area contributed by atoms with Crippen molar-refractivity contribution in [3.8, 4) is 0 Å². The second kappa shape index (κ2) is 6.85. The van der Waals surface area contributed by atoms with Crippen LogP contribution in [0.5, 0.6) is 0 Å². The highest BCUT2D eigenvalue weighted by Gasteiger charge is 2.22. The molecule has 1 aliphatic rings. The summed E-state index contributed by atoms with van der Waals surface area (Å²) in [5.74, 6) is 1.33. The topological polar surface area (TPSA) is 68.2 Å². The van der Waals surface area contributed by atoms with E-state index in [2.05, 4.69) is 29.0 Å². The fraction of sp³-hybridized carbons (Fsp3) is 0.714. The van der Waals surface area contributed by atoms with Crippen molar-refractivity contribution >= 4 is 5.91 Å². The van der Waals surface area contributed by atoms with Crippen LogP contribution in [-0.4, -0.2) is 42.3 Å². The Balaban J connectivity index is 2.12. The number of fused-ring (bicyclic) bond motifs is 1. The lowest BCUT2D eigenvalue weighted by molar-refractivity contribution is -0.121. The number of hydrogen-bond acceptors (Lipinski definition) is 4. The fourth-order valence-electron chi connectivity index (χ4n) is 2.50. The molecule has 0 aliphatic carbocycles. The number of nitrogens with zero attached hydrogens (tertiary/aromatic N) is 2. The van der Waals surface area contributed by atoms with Gasteiger partial charge < -0.3 is 19.9 Å². The molecule has 0 fully saturated rings. The number of methoxy groups -OCH3 is 1. The molecule has 2 N–H and O–H groups in total. The lowest BCUT2D eigenvalue weighted by Gasteiger charge is -2.17. The number of ether oxygens (including phenoxy) is 1. The van der Waals surface area contributed by atoms with Gasteiger partial charge in [-0.3, -0.25) is 4.79 Å². The molecule has 2 heterocycles. The molecule has 0 aromatic carbocycles. The lowest BCUT2D eigenvalue weighted by Crippen LogP contribution is -2.32. The van der Waals surface area contributed by atoms with Crippen molar-refractivity contribution in [2.45, 2.75) is 39.3 Å². The minimum Gasteiger partial charge on any atom is -0.383 e. The van der Waals surface area contributed by atoms with Crippen LogP contribution in [0.4, 0.5) is 0 Å². The van der Waals surface area contributed by atoms with Crippen molar-refractivity contribution in [3.63, 3.8) is 0 Å². The molecule has 20 heavy (non-hydrogen) atoms. The molecule has 2 rings (SSSR count). The first-order valence-electron chi connectivity index (χ1n) is 7.18. The monoisotopic (exact) mass is 280 g/mol. The van der Waals surface area contributed by atoms with Gasteiger partial charge in [-0.25, -0.2) is 4.98 Å². The number of carbonyl (C=O) groups is 1. The highest BCUT2D eigenvalue weighted by Crippen LogP contribution is 2.21. The van der Waals surface area contributed by atoms with Crippen LogP contribution in [0, 0.1) is 0 Å². The zero-order chi connectivity index (χ0) is 14.5. The average Bonchev–Trinajstić information content (AvgIpc) is 2.78. The van der Waals surface area contributed by atoms with Gasteiger partial charge in [0.05, 0.1) is 12.3 Å². The van der Waals surface area contributed by atoms with E-state index in [9.17, 15) is 4.79 Å². The quantitative estimate of drug-likeness (QED) is 0.741. The van der Waals surface area contributed by atoms with Crippen LogP contribution in [0.2, 0.25) is 0 Å². The summed E-state index contributed by atoms with van der Waals surface area (Å²) in [4.78, 5) is 16.7. The predicted octanol–water partition coefficient (Wildman–Crippen LogP) is 0.415. The van der Waals surface area contributed by atoms with Crippen LogP contribution in [0.1, 0.15) is 37.0 Å². The number of imidazole rings is 1. The van der Waals surface area contributed by atoms with Crippen LogP contribution >= 0.6 is 0 Å². The van der Waals surface area contributed by atoms with E-state index < -0.39 is 0 Å². The Bertz CT molecular complexity index is 468. The van der Waals surface area contributed by atoms with Crippen molar-refractivity contribution in [1.82, 2.24) is 20.2 Å². The van der Waals surface area contributed by atoms with E-state index in [0.717, 1.165) is 31.0 Å². The molecule has 0 saturated carbocycles. The van der Waals surface area contributed by atoms with Gasteiger partial charge in [-0.05, 0) is 0 Å². The Morgan fingerprint density at radius 3 is 3.05 bits per heavy atom. The largest absolute Gasteiger partial charge is 0.383 e. The van der Waals surface area contributed by atoms with Crippen LogP contribution in [0.15, 0.2) is 0 Å². The van der Waals surface area contributed by atoms with Gasteiger partial charge in [0.25, 0.3) is 0 Å². The van der Waals surface area contributed by atoms with Crippen molar-refractivity contribution < 1.29 is 9.53 Å². The molecule has 0 spiro atoms. The molecule has 0 atom stereocenters. The molecule has 6 heteroatoms. The summed E-state index contributed by atoms with van der Waals surface area (Å²) in [6.45, 7) is 7.40. The smallest absolute Gasteiger partial charge is 0.240 e. The van der Waals surface area contributed by atoms with E-state index in [4.69, 9.17) is 9.72 Å². The first kappa shape index (κ1) is 15.0. The molecular formula is C14H24N4O2. The Morgan fingerprint density at radius 2 is 2.35 bits per heavy atom. The summed E-state index contributed by atoms with van der Waals surface area (Å²) in [5, 5.41) is 6.19. The second-order valence-electron chi connectivity index (χ2n) is 5.37. The number of hydrogen-bond donors (Lipinski definition) is 2. The van der Waals surface area contributed by atoms with Crippen molar-refractivity contribution in [2.24, 2.45) is 0 Å². The summed E-state index contributed by atoms with van der Waals surface area (Å²) in [6.07, 6.45) is 0.931. The number of amides is 1. The van der Waals surface area contributed by atoms with Gasteiger partial charge in [-0.2, -0.15) is 0 Å².